The number of ether oxygens (including phenoxy) is 1. The first-order chi connectivity index (χ1) is 10.6. The molecule has 1 atom stereocenters. The predicted molar refractivity (Wildman–Crippen MR) is 80.8 cm³/mol. The van der Waals surface area contributed by atoms with Gasteiger partial charge in [0.25, 0.3) is 5.09 Å². The molecule has 1 aromatic heterocycles. The fraction of sp³-hybridized carbons (Fsp3) is 0.667. The molecular formula is C15H24N2O5. The van der Waals surface area contributed by atoms with Crippen LogP contribution >= 0.6 is 0 Å². The molecule has 0 fully saturated rings. The van der Waals surface area contributed by atoms with Crippen molar-refractivity contribution in [3.05, 3.63) is 34.6 Å². The van der Waals surface area contributed by atoms with Crippen molar-refractivity contribution in [3.8, 4) is 0 Å². The van der Waals surface area contributed by atoms with Crippen molar-refractivity contribution in [2.75, 3.05) is 13.2 Å². The van der Waals surface area contributed by atoms with Gasteiger partial charge in [-0.3, -0.25) is 0 Å². The number of unbranched alkanes of at least 4 members (excludes halogenated alkanes) is 3. The molecule has 1 aromatic rings. The molecule has 1 unspecified atom stereocenters. The summed E-state index contributed by atoms with van der Waals surface area (Å²) in [6.45, 7) is 2.41. The van der Waals surface area contributed by atoms with E-state index in [0.717, 1.165) is 25.7 Å². The van der Waals surface area contributed by atoms with Gasteiger partial charge in [0.15, 0.2) is 0 Å². The van der Waals surface area contributed by atoms with Crippen molar-refractivity contribution in [1.29, 1.82) is 0 Å². The highest BCUT2D eigenvalue weighted by atomic mass is 16.9. The molecular weight excluding hydrogens is 288 g/mol. The molecule has 22 heavy (non-hydrogen) atoms. The van der Waals surface area contributed by atoms with Crippen molar-refractivity contribution in [3.63, 3.8) is 0 Å². The molecule has 7 nitrogen and oxygen atoms in total. The average molecular weight is 312 g/mol. The number of aromatic nitrogens is 1. The highest BCUT2D eigenvalue weighted by Crippen LogP contribution is 2.18. The molecule has 1 rings (SSSR count). The van der Waals surface area contributed by atoms with Crippen molar-refractivity contribution in [1.82, 2.24) is 4.57 Å². The smallest absolute Gasteiger partial charge is 0.329 e. The van der Waals surface area contributed by atoms with Crippen molar-refractivity contribution < 1.29 is 19.5 Å². The molecule has 0 amide bonds. The maximum atomic E-state index is 12.2. The fourth-order valence-electron chi connectivity index (χ4n) is 2.14. The second-order valence-electron chi connectivity index (χ2n) is 5.07. The van der Waals surface area contributed by atoms with Gasteiger partial charge in [0.05, 0.1) is 13.2 Å². The van der Waals surface area contributed by atoms with Gasteiger partial charge in [0.1, 0.15) is 6.04 Å². The standard InChI is InChI=1S/C15H24N2O5/c1-2-3-4-9-14(16-10-5-6-11-16)15(18)21-12-7-8-13-22-17(19)20/h5-6,10-11,14H,2-4,7-9,12-13H2,1H3. The zero-order valence-corrected chi connectivity index (χ0v) is 13.0. The van der Waals surface area contributed by atoms with Crippen LogP contribution in [0.15, 0.2) is 24.5 Å². The number of carbonyl (C=O) groups is 1. The second-order valence-corrected chi connectivity index (χ2v) is 5.07. The predicted octanol–water partition coefficient (Wildman–Crippen LogP) is 3.14. The number of nitrogens with zero attached hydrogens (tertiary/aromatic N) is 2. The Morgan fingerprint density at radius 2 is 1.86 bits per heavy atom. The summed E-state index contributed by atoms with van der Waals surface area (Å²) in [6, 6.07) is 3.47. The van der Waals surface area contributed by atoms with Crippen LogP contribution in [-0.4, -0.2) is 28.8 Å². The lowest BCUT2D eigenvalue weighted by Gasteiger charge is -2.17. The first kappa shape index (κ1) is 18.0. The van der Waals surface area contributed by atoms with Gasteiger partial charge in [-0.2, -0.15) is 0 Å². The minimum Gasteiger partial charge on any atom is -0.464 e. The summed E-state index contributed by atoms with van der Waals surface area (Å²) >= 11 is 0. The maximum Gasteiger partial charge on any atom is 0.329 e. The highest BCUT2D eigenvalue weighted by Gasteiger charge is 2.20. The number of hydrogen-bond donors (Lipinski definition) is 0. The van der Waals surface area contributed by atoms with Crippen LogP contribution in [0.5, 0.6) is 0 Å². The number of hydrogen-bond acceptors (Lipinski definition) is 5. The van der Waals surface area contributed by atoms with Crippen molar-refractivity contribution >= 4 is 5.97 Å². The lowest BCUT2D eigenvalue weighted by molar-refractivity contribution is -0.757. The Kier molecular flexibility index (Phi) is 8.71. The van der Waals surface area contributed by atoms with E-state index in [2.05, 4.69) is 11.8 Å². The molecule has 0 radical (unpaired) electrons. The lowest BCUT2D eigenvalue weighted by Crippen LogP contribution is -2.21. The molecule has 0 aliphatic carbocycles. The minimum absolute atomic E-state index is 0.0298. The topological polar surface area (TPSA) is 83.6 Å². The SMILES string of the molecule is CCCCCC(C(=O)OCCCCO[N+](=O)[O-])n1cccc1. The van der Waals surface area contributed by atoms with Gasteiger partial charge in [-0.15, -0.1) is 10.1 Å². The quantitative estimate of drug-likeness (QED) is 0.256. The van der Waals surface area contributed by atoms with Gasteiger partial charge in [0.2, 0.25) is 0 Å². The van der Waals surface area contributed by atoms with Gasteiger partial charge >= 0.3 is 5.97 Å². The van der Waals surface area contributed by atoms with Crippen LogP contribution in [-0.2, 0) is 14.4 Å². The van der Waals surface area contributed by atoms with E-state index < -0.39 is 5.09 Å². The summed E-state index contributed by atoms with van der Waals surface area (Å²) in [4.78, 5) is 26.4. The third kappa shape index (κ3) is 7.10. The minimum atomic E-state index is -0.818. The van der Waals surface area contributed by atoms with E-state index in [4.69, 9.17) is 4.74 Å². The van der Waals surface area contributed by atoms with E-state index >= 15 is 0 Å². The van der Waals surface area contributed by atoms with Crippen LogP contribution in [0.25, 0.3) is 0 Å². The third-order valence-corrected chi connectivity index (χ3v) is 3.32. The van der Waals surface area contributed by atoms with E-state index in [-0.39, 0.29) is 25.2 Å². The fourth-order valence-corrected chi connectivity index (χ4v) is 2.14. The van der Waals surface area contributed by atoms with E-state index in [1.54, 1.807) is 0 Å². The Morgan fingerprint density at radius 1 is 1.18 bits per heavy atom. The van der Waals surface area contributed by atoms with Gasteiger partial charge in [-0.1, -0.05) is 26.2 Å². The van der Waals surface area contributed by atoms with Crippen LogP contribution in [0, 0.1) is 10.1 Å². The van der Waals surface area contributed by atoms with Crippen LogP contribution in [0.2, 0.25) is 0 Å². The molecule has 0 bridgehead atoms. The largest absolute Gasteiger partial charge is 0.464 e. The Bertz CT molecular complexity index is 433. The number of esters is 1. The summed E-state index contributed by atoms with van der Waals surface area (Å²) in [5, 5.41) is 9.16. The Morgan fingerprint density at radius 3 is 2.50 bits per heavy atom. The molecule has 0 spiro atoms. The maximum absolute atomic E-state index is 12.2. The van der Waals surface area contributed by atoms with E-state index in [1.807, 2.05) is 29.1 Å². The summed E-state index contributed by atoms with van der Waals surface area (Å²) < 4.78 is 7.15. The molecule has 0 aromatic carbocycles. The van der Waals surface area contributed by atoms with E-state index in [9.17, 15) is 14.9 Å². The van der Waals surface area contributed by atoms with Crippen LogP contribution in [0.1, 0.15) is 51.5 Å². The van der Waals surface area contributed by atoms with Crippen LogP contribution in [0.4, 0.5) is 0 Å². The van der Waals surface area contributed by atoms with E-state index in [1.165, 1.54) is 0 Å². The molecule has 1 heterocycles. The van der Waals surface area contributed by atoms with Gasteiger partial charge in [-0.05, 0) is 31.4 Å². The van der Waals surface area contributed by atoms with Crippen LogP contribution < -0.4 is 0 Å². The summed E-state index contributed by atoms with van der Waals surface area (Å²) in [5.74, 6) is -0.248. The molecule has 0 N–H and O–H groups in total. The summed E-state index contributed by atoms with van der Waals surface area (Å²) in [7, 11) is 0. The number of carbonyl (C=O) groups excluding carboxylic acids is 1. The third-order valence-electron chi connectivity index (χ3n) is 3.32. The molecule has 0 saturated heterocycles. The Hall–Kier alpha value is -2.05. The normalized spacial score (nSPS) is 11.9. The molecule has 0 aliphatic heterocycles. The van der Waals surface area contributed by atoms with Crippen molar-refractivity contribution in [2.24, 2.45) is 0 Å². The average Bonchev–Trinajstić information content (AvgIpc) is 3.00. The second kappa shape index (κ2) is 10.6. The van der Waals surface area contributed by atoms with Gasteiger partial charge in [-0.25, -0.2) is 4.79 Å². The van der Waals surface area contributed by atoms with Crippen molar-refractivity contribution in [2.45, 2.75) is 51.5 Å². The Balaban J connectivity index is 2.32. The van der Waals surface area contributed by atoms with Gasteiger partial charge < -0.3 is 14.1 Å². The molecule has 7 heteroatoms. The lowest BCUT2D eigenvalue weighted by atomic mass is 10.1. The van der Waals surface area contributed by atoms with Gasteiger partial charge in [0, 0.05) is 12.4 Å². The first-order valence-corrected chi connectivity index (χ1v) is 7.71. The zero-order valence-electron chi connectivity index (χ0n) is 13.0. The molecule has 124 valence electrons. The molecule has 0 aliphatic rings. The highest BCUT2D eigenvalue weighted by molar-refractivity contribution is 5.74. The van der Waals surface area contributed by atoms with Crippen LogP contribution in [0.3, 0.4) is 0 Å². The van der Waals surface area contributed by atoms with E-state index in [0.29, 0.717) is 12.8 Å². The molecule has 0 saturated carbocycles. The monoisotopic (exact) mass is 312 g/mol. The summed E-state index contributed by atoms with van der Waals surface area (Å²) in [5.41, 5.74) is 0. The number of rotatable bonds is 12. The first-order valence-electron chi connectivity index (χ1n) is 7.71. The zero-order chi connectivity index (χ0) is 16.2. The summed E-state index contributed by atoms with van der Waals surface area (Å²) in [6.07, 6.45) is 8.68. The Labute approximate surface area is 130 Å².